The third-order valence-corrected chi connectivity index (χ3v) is 27.3. The minimum atomic E-state index is -0.108. The molecule has 0 atom stereocenters. The standard InChI is InChI=1S/C32H21N3O2S.C30H24N4O2.2C26H17N3O2S/c1-37-32-34-30(23-13-7-8-14-26(23)36)33-31(35-32)25-18-28-29(22-12-6-5-11-21(22)25)24-16-15-20(17-27(24)38-28)19-9-3-2-4-10-19;1-19(2)36-30-32-28(31-29(33-30)23-13-7-9-15-27(23)35)20-16-17-26-24(18-20)22-12-6-8-14-25(22)34(26)21-10-4-3-5-11-21;1-31-26-28-24(17-10-4-6-12-20(17)30)27-25(29-26)19-14-22-23(16-9-3-2-8-15(16)19)18-11-5-7-13-21(18)32-22;1-31-26-28-24(27-25(29-26)19-8-4-5-9-21(19)30)17-10-11-18-20-12-15-6-2-3-7-16(15)13-23(20)32-22(18)14-17/h2-18,36H,1H3;3-19,35H,1-2H3;2*2-14,30H,1H3. The second-order valence-electron chi connectivity index (χ2n) is 32.8. The van der Waals surface area contributed by atoms with E-state index in [0.29, 0.717) is 68.8 Å². The summed E-state index contributed by atoms with van der Waals surface area (Å²) in [5.74, 6) is 3.86. The van der Waals surface area contributed by atoms with Crippen LogP contribution in [0.25, 0.3) is 223 Å². The van der Waals surface area contributed by atoms with Crippen LogP contribution in [-0.2, 0) is 0 Å². The predicted molar refractivity (Wildman–Crippen MR) is 556 cm³/mol. The normalized spacial score (nSPS) is 11.4. The van der Waals surface area contributed by atoms with Crippen LogP contribution in [0.1, 0.15) is 13.8 Å². The molecule has 0 bridgehead atoms. The summed E-state index contributed by atoms with van der Waals surface area (Å²) in [7, 11) is 4.58. The van der Waals surface area contributed by atoms with Crippen molar-refractivity contribution in [3.8, 4) is 155 Å². The van der Waals surface area contributed by atoms with Gasteiger partial charge in [0.1, 0.15) is 23.0 Å². The highest BCUT2D eigenvalue weighted by atomic mass is 32.1. The first-order valence-electron chi connectivity index (χ1n) is 44.4. The number of para-hydroxylation sites is 6. The van der Waals surface area contributed by atoms with E-state index in [-0.39, 0.29) is 53.1 Å². The molecule has 0 spiro atoms. The van der Waals surface area contributed by atoms with Gasteiger partial charge in [-0.15, -0.1) is 34.0 Å². The van der Waals surface area contributed by atoms with Gasteiger partial charge in [0.15, 0.2) is 46.6 Å². The van der Waals surface area contributed by atoms with Crippen molar-refractivity contribution in [3.05, 3.63) is 358 Å². The molecule has 0 aliphatic carbocycles. The molecule has 0 unspecified atom stereocenters. The lowest BCUT2D eigenvalue weighted by atomic mass is 9.97. The highest BCUT2D eigenvalue weighted by molar-refractivity contribution is 7.27. The van der Waals surface area contributed by atoms with Crippen LogP contribution in [-0.4, -0.2) is 112 Å². The Balaban J connectivity index is 0.000000106. The quantitative estimate of drug-likeness (QED) is 0.0742. The molecule has 25 rings (SSSR count). The number of hydrogen-bond donors (Lipinski definition) is 4. The summed E-state index contributed by atoms with van der Waals surface area (Å²) in [6.45, 7) is 3.85. The highest BCUT2D eigenvalue weighted by Gasteiger charge is 2.25. The Morgan fingerprint density at radius 1 is 0.232 bits per heavy atom. The predicted octanol–water partition coefficient (Wildman–Crippen LogP) is 27.8. The van der Waals surface area contributed by atoms with E-state index < -0.39 is 0 Å². The van der Waals surface area contributed by atoms with E-state index >= 15 is 0 Å². The van der Waals surface area contributed by atoms with Gasteiger partial charge in [-0.25, -0.2) is 19.9 Å². The maximum absolute atomic E-state index is 10.4. The number of ether oxygens (including phenoxy) is 4. The average Bonchev–Trinajstić information content (AvgIpc) is 1.58. The van der Waals surface area contributed by atoms with Crippen LogP contribution < -0.4 is 18.9 Å². The number of fused-ring (bicyclic) bond motifs is 17. The van der Waals surface area contributed by atoms with Crippen LogP contribution in [0, 0.1) is 0 Å². The molecule has 21 nitrogen and oxygen atoms in total. The number of nitrogens with zero attached hydrogens (tertiary/aromatic N) is 13. The van der Waals surface area contributed by atoms with Crippen molar-refractivity contribution in [1.82, 2.24) is 64.4 Å². The van der Waals surface area contributed by atoms with Gasteiger partial charge in [0.05, 0.1) is 60.7 Å². The van der Waals surface area contributed by atoms with Crippen molar-refractivity contribution in [3.63, 3.8) is 0 Å². The molecule has 17 aromatic carbocycles. The summed E-state index contributed by atoms with van der Waals surface area (Å²) in [5, 5.41) is 58.0. The lowest BCUT2D eigenvalue weighted by molar-refractivity contribution is 0.222. The minimum Gasteiger partial charge on any atom is -0.507 e. The molecule has 0 aliphatic heterocycles. The van der Waals surface area contributed by atoms with Crippen molar-refractivity contribution >= 4 is 149 Å². The van der Waals surface area contributed by atoms with E-state index in [1.807, 2.05) is 86.6 Å². The second-order valence-corrected chi connectivity index (χ2v) is 36.1. The first-order chi connectivity index (χ1) is 67.7. The molecular weight excluding hydrogens is 1780 g/mol. The molecule has 4 N–H and O–H groups in total. The van der Waals surface area contributed by atoms with E-state index in [1.54, 1.807) is 107 Å². The van der Waals surface area contributed by atoms with E-state index in [1.165, 1.54) is 94.3 Å². The average molecular weight is 1860 g/mol. The monoisotopic (exact) mass is 1850 g/mol. The highest BCUT2D eigenvalue weighted by Crippen LogP contribution is 2.48. The molecule has 0 saturated heterocycles. The zero-order valence-electron chi connectivity index (χ0n) is 74.6. The minimum absolute atomic E-state index is 0.103. The van der Waals surface area contributed by atoms with Gasteiger partial charge in [-0.1, -0.05) is 231 Å². The Bertz CT molecular complexity index is 9050. The molecule has 0 fully saturated rings. The number of thiophene rings is 3. The van der Waals surface area contributed by atoms with Gasteiger partial charge in [0.25, 0.3) is 0 Å². The van der Waals surface area contributed by atoms with Gasteiger partial charge in [0, 0.05) is 99.2 Å². The van der Waals surface area contributed by atoms with Gasteiger partial charge < -0.3 is 43.9 Å². The van der Waals surface area contributed by atoms with E-state index in [9.17, 15) is 20.4 Å². The van der Waals surface area contributed by atoms with Crippen molar-refractivity contribution in [2.24, 2.45) is 0 Å². The van der Waals surface area contributed by atoms with Crippen molar-refractivity contribution in [2.45, 2.75) is 20.0 Å². The summed E-state index contributed by atoms with van der Waals surface area (Å²) in [6.07, 6.45) is -0.108. The number of phenolic OH excluding ortho intramolecular Hbond substituents is 4. The molecule has 0 radical (unpaired) electrons. The molecule has 8 heterocycles. The molecule has 0 amide bonds. The Hall–Kier alpha value is -17.6. The number of phenols is 4. The molecule has 138 heavy (non-hydrogen) atoms. The van der Waals surface area contributed by atoms with Gasteiger partial charge in [-0.2, -0.15) is 39.9 Å². The number of rotatable bonds is 15. The molecule has 0 saturated carbocycles. The lowest BCUT2D eigenvalue weighted by Crippen LogP contribution is -2.10. The topological polar surface area (TPSA) is 277 Å². The molecule has 0 aliphatic rings. The van der Waals surface area contributed by atoms with E-state index in [4.69, 9.17) is 33.9 Å². The molecule has 8 aromatic heterocycles. The maximum atomic E-state index is 10.4. The molecule has 24 heteroatoms. The molecule has 666 valence electrons. The lowest BCUT2D eigenvalue weighted by Gasteiger charge is -2.12. The summed E-state index contributed by atoms with van der Waals surface area (Å²) in [4.78, 5) is 54.8. The van der Waals surface area contributed by atoms with Gasteiger partial charge in [-0.05, 0) is 185 Å². The van der Waals surface area contributed by atoms with Crippen molar-refractivity contribution < 1.29 is 39.4 Å². The fourth-order valence-corrected chi connectivity index (χ4v) is 21.1. The van der Waals surface area contributed by atoms with Crippen LogP contribution in [0.5, 0.6) is 47.0 Å². The van der Waals surface area contributed by atoms with E-state index in [0.717, 1.165) is 80.7 Å². The largest absolute Gasteiger partial charge is 0.507 e. The number of hydrogen-bond acceptors (Lipinski definition) is 23. The summed E-state index contributed by atoms with van der Waals surface area (Å²) < 4.78 is 31.5. The Labute approximate surface area is 800 Å². The fraction of sp³-hybridized carbons (Fsp3) is 0.0526. The van der Waals surface area contributed by atoms with Crippen LogP contribution >= 0.6 is 34.0 Å². The Morgan fingerprint density at radius 2 is 0.587 bits per heavy atom. The van der Waals surface area contributed by atoms with Crippen LogP contribution in [0.4, 0.5) is 0 Å². The van der Waals surface area contributed by atoms with Gasteiger partial charge in [0.2, 0.25) is 0 Å². The van der Waals surface area contributed by atoms with Gasteiger partial charge >= 0.3 is 24.0 Å². The van der Waals surface area contributed by atoms with Crippen LogP contribution in [0.2, 0.25) is 0 Å². The van der Waals surface area contributed by atoms with Crippen LogP contribution in [0.15, 0.2) is 358 Å². The SMILES string of the molecule is CC(C)Oc1nc(-c2ccc3c(c2)c2ccccc2n3-c2ccccc2)nc(-c2ccccc2O)n1.COc1nc(-c2ccc3c(c2)sc2cc4ccccc4cc23)nc(-c2ccccc2O)n1.COc1nc(-c2ccccc2O)nc(-c2cc3sc4cc(-c5ccccc5)ccc4c3c3ccccc23)n1.COc1nc(-c2ccccc2O)nc(-c2cc3sc4ccccc4c3c3ccccc23)n1. The maximum Gasteiger partial charge on any atom is 0.320 e. The summed E-state index contributed by atoms with van der Waals surface area (Å²) in [6, 6.07) is 119. The van der Waals surface area contributed by atoms with Crippen LogP contribution in [0.3, 0.4) is 0 Å². The Morgan fingerprint density at radius 3 is 1.12 bits per heavy atom. The second kappa shape index (κ2) is 36.8. The number of benzene rings is 17. The van der Waals surface area contributed by atoms with Crippen molar-refractivity contribution in [1.29, 1.82) is 0 Å². The molecular formula is C114H79N13O8S3. The van der Waals surface area contributed by atoms with Crippen molar-refractivity contribution in [2.75, 3.05) is 21.3 Å². The first kappa shape index (κ1) is 85.9. The molecule has 25 aromatic rings. The summed E-state index contributed by atoms with van der Waals surface area (Å²) >= 11 is 5.28. The zero-order valence-corrected chi connectivity index (χ0v) is 77.1. The number of aromatic nitrogens is 13. The number of methoxy groups -OCH3 is 3. The zero-order chi connectivity index (χ0) is 93.6. The summed E-state index contributed by atoms with van der Waals surface area (Å²) in [5.41, 5.74) is 11.3. The Kier molecular flexibility index (Phi) is 22.9. The first-order valence-corrected chi connectivity index (χ1v) is 46.8. The van der Waals surface area contributed by atoms with E-state index in [2.05, 4.69) is 262 Å². The fourth-order valence-electron chi connectivity index (χ4n) is 17.6. The van der Waals surface area contributed by atoms with Gasteiger partial charge in [-0.3, -0.25) is 0 Å². The smallest absolute Gasteiger partial charge is 0.320 e. The third-order valence-electron chi connectivity index (χ3n) is 23.9. The number of aromatic hydroxyl groups is 4. The third kappa shape index (κ3) is 16.5.